The molecule has 0 spiro atoms. The molecular formula is C28H42F2N4O6. The molecule has 0 aromatic rings. The van der Waals surface area contributed by atoms with E-state index < -0.39 is 78.0 Å². The van der Waals surface area contributed by atoms with Crippen molar-refractivity contribution in [3.8, 4) is 0 Å². The zero-order chi connectivity index (χ0) is 29.8. The van der Waals surface area contributed by atoms with E-state index in [0.717, 1.165) is 12.8 Å². The molecule has 4 amide bonds. The van der Waals surface area contributed by atoms with Crippen molar-refractivity contribution in [1.82, 2.24) is 15.5 Å². The first-order chi connectivity index (χ1) is 18.4. The number of nitrogens with zero attached hydrogens (tertiary/aromatic N) is 1. The Balaban J connectivity index is 1.57. The van der Waals surface area contributed by atoms with Crippen LogP contribution in [-0.2, 0) is 23.9 Å². The molecule has 3 aliphatic carbocycles. The fourth-order valence-electron chi connectivity index (χ4n) is 6.55. The third-order valence-corrected chi connectivity index (χ3v) is 9.07. The summed E-state index contributed by atoms with van der Waals surface area (Å²) in [4.78, 5) is 66.1. The van der Waals surface area contributed by atoms with Gasteiger partial charge in [0.1, 0.15) is 17.7 Å². The normalized spacial score (nSPS) is 28.6. The van der Waals surface area contributed by atoms with Crippen LogP contribution in [0.4, 0.5) is 13.6 Å². The first-order valence-corrected chi connectivity index (χ1v) is 14.2. The van der Waals surface area contributed by atoms with Gasteiger partial charge >= 0.3 is 6.09 Å². The molecule has 0 aromatic heterocycles. The van der Waals surface area contributed by atoms with Crippen molar-refractivity contribution < 1.29 is 37.5 Å². The van der Waals surface area contributed by atoms with Crippen molar-refractivity contribution >= 4 is 29.6 Å². The molecule has 3 saturated carbocycles. The van der Waals surface area contributed by atoms with Crippen LogP contribution >= 0.6 is 0 Å². The number of halogens is 2. The number of carbonyl (C=O) groups is 5. The van der Waals surface area contributed by atoms with E-state index in [4.69, 9.17) is 10.5 Å². The lowest BCUT2D eigenvalue weighted by Crippen LogP contribution is -2.60. The van der Waals surface area contributed by atoms with Crippen LogP contribution in [0.1, 0.15) is 79.6 Å². The van der Waals surface area contributed by atoms with Crippen molar-refractivity contribution in [2.24, 2.45) is 34.8 Å². The molecule has 1 aliphatic heterocycles. The molecular weight excluding hydrogens is 526 g/mol. The van der Waals surface area contributed by atoms with Gasteiger partial charge in [-0.1, -0.05) is 26.7 Å². The van der Waals surface area contributed by atoms with Gasteiger partial charge in [0.15, 0.2) is 0 Å². The monoisotopic (exact) mass is 568 g/mol. The van der Waals surface area contributed by atoms with Crippen LogP contribution in [-0.4, -0.2) is 70.7 Å². The average molecular weight is 569 g/mol. The topological polar surface area (TPSA) is 148 Å². The van der Waals surface area contributed by atoms with E-state index in [2.05, 4.69) is 10.6 Å². The van der Waals surface area contributed by atoms with Gasteiger partial charge in [-0.2, -0.15) is 0 Å². The Kier molecular flexibility index (Phi) is 7.96. The molecule has 12 heteroatoms. The van der Waals surface area contributed by atoms with E-state index in [1.54, 1.807) is 20.8 Å². The smallest absolute Gasteiger partial charge is 0.408 e. The van der Waals surface area contributed by atoms with Gasteiger partial charge in [-0.05, 0) is 69.1 Å². The largest absolute Gasteiger partial charge is 0.444 e. The first-order valence-electron chi connectivity index (χ1n) is 14.2. The summed E-state index contributed by atoms with van der Waals surface area (Å²) < 4.78 is 33.3. The number of piperidine rings is 1. The highest BCUT2D eigenvalue weighted by molar-refractivity contribution is 6.37. The second kappa shape index (κ2) is 10.6. The van der Waals surface area contributed by atoms with E-state index in [-0.39, 0.29) is 42.6 Å². The molecule has 0 aromatic carbocycles. The molecule has 40 heavy (non-hydrogen) atoms. The number of alkyl halides is 2. The molecule has 4 aliphatic rings. The van der Waals surface area contributed by atoms with E-state index in [9.17, 15) is 32.8 Å². The number of hydrogen-bond donors (Lipinski definition) is 3. The Bertz CT molecular complexity index is 1060. The van der Waals surface area contributed by atoms with Gasteiger partial charge in [-0.25, -0.2) is 13.6 Å². The van der Waals surface area contributed by atoms with Gasteiger partial charge in [0.2, 0.25) is 23.5 Å². The summed E-state index contributed by atoms with van der Waals surface area (Å²) in [6.45, 7) is 9.27. The van der Waals surface area contributed by atoms with E-state index in [0.29, 0.717) is 6.42 Å². The molecule has 10 nitrogen and oxygen atoms in total. The minimum Gasteiger partial charge on any atom is -0.444 e. The number of primary amides is 1. The van der Waals surface area contributed by atoms with Crippen molar-refractivity contribution in [1.29, 1.82) is 0 Å². The molecule has 3 unspecified atom stereocenters. The van der Waals surface area contributed by atoms with Gasteiger partial charge in [0.25, 0.3) is 5.91 Å². The maximum absolute atomic E-state index is 14.1. The van der Waals surface area contributed by atoms with Crippen LogP contribution < -0.4 is 16.4 Å². The number of Topliss-reactive ketones (excluding diaryl/α,β-unsaturated/α-hetero) is 1. The Hall–Kier alpha value is -2.79. The van der Waals surface area contributed by atoms with Crippen molar-refractivity contribution in [2.75, 3.05) is 6.54 Å². The number of hydrogen-bond acceptors (Lipinski definition) is 6. The Morgan fingerprint density at radius 3 is 2.15 bits per heavy atom. The average Bonchev–Trinajstić information content (AvgIpc) is 3.67. The Morgan fingerprint density at radius 2 is 1.62 bits per heavy atom. The number of rotatable bonds is 9. The molecule has 0 bridgehead atoms. The predicted octanol–water partition coefficient (Wildman–Crippen LogP) is 2.53. The summed E-state index contributed by atoms with van der Waals surface area (Å²) in [6, 6.07) is -3.18. The van der Waals surface area contributed by atoms with Crippen molar-refractivity contribution in [3.05, 3.63) is 0 Å². The fourth-order valence-corrected chi connectivity index (χ4v) is 6.55. The minimum absolute atomic E-state index is 0.0128. The number of ketones is 1. The zero-order valence-electron chi connectivity index (χ0n) is 23.9. The summed E-state index contributed by atoms with van der Waals surface area (Å²) in [5.41, 5.74) is 4.16. The molecule has 5 atom stereocenters. The summed E-state index contributed by atoms with van der Waals surface area (Å²) in [7, 11) is 0. The quantitative estimate of drug-likeness (QED) is 0.364. The second-order valence-electron chi connectivity index (χ2n) is 13.7. The molecule has 224 valence electrons. The van der Waals surface area contributed by atoms with Crippen LogP contribution in [0, 0.1) is 29.1 Å². The maximum atomic E-state index is 14.1. The SMILES string of the molecule is CC(C)(C)OC(=O)NC(C(=O)N1CC2[C@@H]([C@H]1C(=O)NC(CC1CC1)C(=O)C(N)=O)C2(C)C)C1CCC(F)(F)CC1. The highest BCUT2D eigenvalue weighted by atomic mass is 19.3. The number of alkyl carbamates (subject to hydrolysis) is 1. The number of amides is 4. The van der Waals surface area contributed by atoms with E-state index in [1.165, 1.54) is 4.90 Å². The van der Waals surface area contributed by atoms with Crippen LogP contribution in [0.15, 0.2) is 0 Å². The molecule has 4 N–H and O–H groups in total. The lowest BCUT2D eigenvalue weighted by Gasteiger charge is -2.38. The predicted molar refractivity (Wildman–Crippen MR) is 140 cm³/mol. The van der Waals surface area contributed by atoms with Gasteiger partial charge in [0.05, 0.1) is 6.04 Å². The highest BCUT2D eigenvalue weighted by Crippen LogP contribution is 2.65. The highest BCUT2D eigenvalue weighted by Gasteiger charge is 2.70. The number of likely N-dealkylation sites (tertiary alicyclic amines) is 1. The lowest BCUT2D eigenvalue weighted by atomic mass is 9.81. The maximum Gasteiger partial charge on any atom is 0.408 e. The molecule has 0 radical (unpaired) electrons. The van der Waals surface area contributed by atoms with Crippen LogP contribution in [0.25, 0.3) is 0 Å². The van der Waals surface area contributed by atoms with E-state index in [1.807, 2.05) is 13.8 Å². The van der Waals surface area contributed by atoms with Gasteiger partial charge < -0.3 is 26.0 Å². The fraction of sp³-hybridized carbons (Fsp3) is 0.821. The standard InChI is InChI=1S/C28H42F2N4O6/c1-26(2,3)40-25(39)33-19(15-8-10-28(29,30)11-9-15)24(38)34-13-16-18(27(16,4)5)20(34)23(37)32-17(12-14-6-7-14)21(35)22(31)36/h14-20H,6-13H2,1-5H3,(H2,31,36)(H,32,37)(H,33,39)/t16?,17?,18-,19?,20-/m0/s1. The third kappa shape index (κ3) is 6.57. The molecule has 1 saturated heterocycles. The second-order valence-corrected chi connectivity index (χ2v) is 13.7. The van der Waals surface area contributed by atoms with Crippen LogP contribution in [0.2, 0.25) is 0 Å². The summed E-state index contributed by atoms with van der Waals surface area (Å²) in [5, 5.41) is 5.32. The van der Waals surface area contributed by atoms with Crippen LogP contribution in [0.5, 0.6) is 0 Å². The number of fused-ring (bicyclic) bond motifs is 1. The summed E-state index contributed by atoms with van der Waals surface area (Å²) in [5.74, 6) is -6.47. The lowest BCUT2D eigenvalue weighted by molar-refractivity contribution is -0.145. The van der Waals surface area contributed by atoms with E-state index >= 15 is 0 Å². The van der Waals surface area contributed by atoms with Crippen LogP contribution in [0.3, 0.4) is 0 Å². The first kappa shape index (κ1) is 30.2. The van der Waals surface area contributed by atoms with Gasteiger partial charge in [-0.3, -0.25) is 19.2 Å². The minimum atomic E-state index is -2.83. The summed E-state index contributed by atoms with van der Waals surface area (Å²) >= 11 is 0. The number of ether oxygens (including phenoxy) is 1. The zero-order valence-corrected chi connectivity index (χ0v) is 23.9. The molecule has 1 heterocycles. The van der Waals surface area contributed by atoms with Gasteiger partial charge in [-0.15, -0.1) is 0 Å². The summed E-state index contributed by atoms with van der Waals surface area (Å²) in [6.07, 6.45) is 0.480. The van der Waals surface area contributed by atoms with Crippen molar-refractivity contribution in [3.63, 3.8) is 0 Å². The third-order valence-electron chi connectivity index (χ3n) is 9.07. The number of carbonyl (C=O) groups excluding carboxylic acids is 5. The Morgan fingerprint density at radius 1 is 1.02 bits per heavy atom. The van der Waals surface area contributed by atoms with Gasteiger partial charge in [0, 0.05) is 19.4 Å². The number of nitrogens with two attached hydrogens (primary N) is 1. The molecule has 4 fully saturated rings. The number of nitrogens with one attached hydrogen (secondary N) is 2. The van der Waals surface area contributed by atoms with Crippen molar-refractivity contribution in [2.45, 2.75) is 109 Å². The Labute approximate surface area is 233 Å². The molecule has 4 rings (SSSR count).